The van der Waals surface area contributed by atoms with Gasteiger partial charge in [0.1, 0.15) is 11.5 Å². The summed E-state index contributed by atoms with van der Waals surface area (Å²) in [4.78, 5) is 23.0. The molecule has 1 amide bonds. The van der Waals surface area contributed by atoms with Crippen molar-refractivity contribution in [2.45, 2.75) is 20.0 Å². The quantitative estimate of drug-likeness (QED) is 0.729. The standard InChI is InChI=1S/C17H16N4O2/c1-12-7-13(9-18-8-12)17(22)20-4-5-21-14(10-19-16(21)11-20)15-3-2-6-23-15/h2-3,6-10H,4-5,11H2,1H3. The van der Waals surface area contributed by atoms with E-state index in [0.29, 0.717) is 25.2 Å². The molecule has 4 rings (SSSR count). The molecule has 0 spiro atoms. The second-order valence-electron chi connectivity index (χ2n) is 5.67. The lowest BCUT2D eigenvalue weighted by Gasteiger charge is -2.28. The van der Waals surface area contributed by atoms with Gasteiger partial charge in [-0.25, -0.2) is 4.98 Å². The summed E-state index contributed by atoms with van der Waals surface area (Å²) in [5.41, 5.74) is 2.56. The first-order valence-corrected chi connectivity index (χ1v) is 7.51. The van der Waals surface area contributed by atoms with Gasteiger partial charge in [-0.05, 0) is 30.7 Å². The van der Waals surface area contributed by atoms with Crippen LogP contribution >= 0.6 is 0 Å². The van der Waals surface area contributed by atoms with E-state index in [1.54, 1.807) is 24.9 Å². The summed E-state index contributed by atoms with van der Waals surface area (Å²) in [6, 6.07) is 5.64. The SMILES string of the molecule is Cc1cncc(C(=O)N2CCn3c(-c4ccco4)cnc3C2)c1. The molecule has 0 saturated carbocycles. The number of aromatic nitrogens is 3. The number of amides is 1. The molecule has 6 heteroatoms. The predicted octanol–water partition coefficient (Wildman–Crippen LogP) is 2.50. The Kier molecular flexibility index (Phi) is 3.22. The first-order valence-electron chi connectivity index (χ1n) is 7.51. The number of carbonyl (C=O) groups excluding carboxylic acids is 1. The predicted molar refractivity (Wildman–Crippen MR) is 83.6 cm³/mol. The average Bonchev–Trinajstić information content (AvgIpc) is 3.22. The van der Waals surface area contributed by atoms with E-state index in [-0.39, 0.29) is 5.91 Å². The fraction of sp³-hybridized carbons (Fsp3) is 0.235. The fourth-order valence-corrected chi connectivity index (χ4v) is 2.91. The van der Waals surface area contributed by atoms with Crippen LogP contribution in [-0.4, -0.2) is 31.9 Å². The van der Waals surface area contributed by atoms with E-state index in [0.717, 1.165) is 22.8 Å². The first kappa shape index (κ1) is 13.8. The summed E-state index contributed by atoms with van der Waals surface area (Å²) in [7, 11) is 0. The minimum Gasteiger partial charge on any atom is -0.463 e. The molecular formula is C17H16N4O2. The Morgan fingerprint density at radius 1 is 1.26 bits per heavy atom. The van der Waals surface area contributed by atoms with Crippen LogP contribution in [0.25, 0.3) is 11.5 Å². The molecule has 6 nitrogen and oxygen atoms in total. The lowest BCUT2D eigenvalue weighted by atomic mass is 10.2. The summed E-state index contributed by atoms with van der Waals surface area (Å²) < 4.78 is 7.56. The molecule has 116 valence electrons. The van der Waals surface area contributed by atoms with Gasteiger partial charge in [-0.3, -0.25) is 9.78 Å². The third kappa shape index (κ3) is 2.42. The fourth-order valence-electron chi connectivity index (χ4n) is 2.91. The van der Waals surface area contributed by atoms with E-state index in [4.69, 9.17) is 4.42 Å². The van der Waals surface area contributed by atoms with Crippen molar-refractivity contribution < 1.29 is 9.21 Å². The van der Waals surface area contributed by atoms with Crippen molar-refractivity contribution in [3.8, 4) is 11.5 Å². The van der Waals surface area contributed by atoms with Gasteiger partial charge in [-0.2, -0.15) is 0 Å². The molecule has 0 aromatic carbocycles. The molecule has 4 heterocycles. The molecule has 1 aliphatic rings. The van der Waals surface area contributed by atoms with E-state index in [2.05, 4.69) is 14.5 Å². The second-order valence-corrected chi connectivity index (χ2v) is 5.67. The monoisotopic (exact) mass is 308 g/mol. The highest BCUT2D eigenvalue weighted by Gasteiger charge is 2.25. The van der Waals surface area contributed by atoms with Gasteiger partial charge in [0.05, 0.1) is 24.6 Å². The highest BCUT2D eigenvalue weighted by atomic mass is 16.3. The molecule has 0 aliphatic carbocycles. The lowest BCUT2D eigenvalue weighted by molar-refractivity contribution is 0.0707. The van der Waals surface area contributed by atoms with E-state index in [1.807, 2.05) is 30.0 Å². The van der Waals surface area contributed by atoms with Gasteiger partial charge in [0.15, 0.2) is 5.76 Å². The van der Waals surface area contributed by atoms with Gasteiger partial charge < -0.3 is 13.9 Å². The highest BCUT2D eigenvalue weighted by molar-refractivity contribution is 5.94. The van der Waals surface area contributed by atoms with Crippen LogP contribution in [0, 0.1) is 6.92 Å². The number of aryl methyl sites for hydroxylation is 1. The first-order chi connectivity index (χ1) is 11.2. The zero-order valence-corrected chi connectivity index (χ0v) is 12.8. The largest absolute Gasteiger partial charge is 0.463 e. The summed E-state index contributed by atoms with van der Waals surface area (Å²) >= 11 is 0. The topological polar surface area (TPSA) is 64.2 Å². The third-order valence-electron chi connectivity index (χ3n) is 4.05. The Hall–Kier alpha value is -2.89. The zero-order valence-electron chi connectivity index (χ0n) is 12.8. The molecule has 23 heavy (non-hydrogen) atoms. The van der Waals surface area contributed by atoms with E-state index in [1.165, 1.54) is 0 Å². The van der Waals surface area contributed by atoms with Crippen molar-refractivity contribution in [1.82, 2.24) is 19.4 Å². The van der Waals surface area contributed by atoms with Gasteiger partial charge in [-0.1, -0.05) is 0 Å². The Labute approximate surface area is 133 Å². The van der Waals surface area contributed by atoms with Gasteiger partial charge in [0, 0.05) is 25.5 Å². The lowest BCUT2D eigenvalue weighted by Crippen LogP contribution is -2.38. The third-order valence-corrected chi connectivity index (χ3v) is 4.05. The number of carbonyl (C=O) groups is 1. The number of rotatable bonds is 2. The van der Waals surface area contributed by atoms with Gasteiger partial charge in [-0.15, -0.1) is 0 Å². The number of fused-ring (bicyclic) bond motifs is 1. The van der Waals surface area contributed by atoms with Crippen LogP contribution in [0.3, 0.4) is 0 Å². The number of hydrogen-bond acceptors (Lipinski definition) is 4. The van der Waals surface area contributed by atoms with Crippen LogP contribution in [0.4, 0.5) is 0 Å². The molecule has 0 radical (unpaired) electrons. The number of imidazole rings is 1. The van der Waals surface area contributed by atoms with Crippen LogP contribution in [0.5, 0.6) is 0 Å². The Balaban J connectivity index is 1.59. The van der Waals surface area contributed by atoms with Crippen molar-refractivity contribution >= 4 is 5.91 Å². The number of pyridine rings is 1. The number of hydrogen-bond donors (Lipinski definition) is 0. The normalized spacial score (nSPS) is 13.9. The van der Waals surface area contributed by atoms with Crippen LogP contribution < -0.4 is 0 Å². The minimum atomic E-state index is -0.00463. The molecule has 0 bridgehead atoms. The number of nitrogens with zero attached hydrogens (tertiary/aromatic N) is 4. The maximum absolute atomic E-state index is 12.6. The molecule has 3 aromatic rings. The van der Waals surface area contributed by atoms with E-state index in [9.17, 15) is 4.79 Å². The van der Waals surface area contributed by atoms with Crippen LogP contribution in [-0.2, 0) is 13.1 Å². The van der Waals surface area contributed by atoms with Gasteiger partial charge in [0.25, 0.3) is 5.91 Å². The Morgan fingerprint density at radius 3 is 2.96 bits per heavy atom. The van der Waals surface area contributed by atoms with Gasteiger partial charge in [0.2, 0.25) is 0 Å². The van der Waals surface area contributed by atoms with Crippen LogP contribution in [0.15, 0.2) is 47.5 Å². The van der Waals surface area contributed by atoms with Crippen molar-refractivity contribution in [3.63, 3.8) is 0 Å². The summed E-state index contributed by atoms with van der Waals surface area (Å²) in [5, 5.41) is 0. The minimum absolute atomic E-state index is 0.00463. The van der Waals surface area contributed by atoms with Gasteiger partial charge >= 0.3 is 0 Å². The Morgan fingerprint density at radius 2 is 2.17 bits per heavy atom. The molecule has 0 atom stereocenters. The molecule has 0 unspecified atom stereocenters. The number of furan rings is 1. The van der Waals surface area contributed by atoms with Crippen LogP contribution in [0.2, 0.25) is 0 Å². The van der Waals surface area contributed by atoms with E-state index >= 15 is 0 Å². The smallest absolute Gasteiger partial charge is 0.255 e. The van der Waals surface area contributed by atoms with Crippen molar-refractivity contribution in [2.75, 3.05) is 6.54 Å². The zero-order chi connectivity index (χ0) is 15.8. The molecular weight excluding hydrogens is 292 g/mol. The van der Waals surface area contributed by atoms with Crippen molar-refractivity contribution in [2.24, 2.45) is 0 Å². The molecule has 1 aliphatic heterocycles. The second kappa shape index (κ2) is 5.39. The van der Waals surface area contributed by atoms with Crippen molar-refractivity contribution in [1.29, 1.82) is 0 Å². The Bertz CT molecular complexity index is 851. The maximum atomic E-state index is 12.6. The highest BCUT2D eigenvalue weighted by Crippen LogP contribution is 2.24. The summed E-state index contributed by atoms with van der Waals surface area (Å²) in [6.45, 7) is 3.77. The van der Waals surface area contributed by atoms with Crippen molar-refractivity contribution in [3.05, 3.63) is 60.0 Å². The van der Waals surface area contributed by atoms with E-state index < -0.39 is 0 Å². The summed E-state index contributed by atoms with van der Waals surface area (Å²) in [6.07, 6.45) is 6.81. The molecule has 0 N–H and O–H groups in total. The molecule has 0 fully saturated rings. The molecule has 3 aromatic heterocycles. The maximum Gasteiger partial charge on any atom is 0.255 e. The summed E-state index contributed by atoms with van der Waals surface area (Å²) in [5.74, 6) is 1.66. The average molecular weight is 308 g/mol. The van der Waals surface area contributed by atoms with Crippen LogP contribution in [0.1, 0.15) is 21.7 Å². The molecule has 0 saturated heterocycles.